The van der Waals surface area contributed by atoms with E-state index in [1.165, 1.54) is 7.11 Å². The highest BCUT2D eigenvalue weighted by Crippen LogP contribution is 2.23. The number of aromatic amines is 1. The van der Waals surface area contributed by atoms with Crippen LogP contribution in [-0.2, 0) is 30.3 Å². The van der Waals surface area contributed by atoms with E-state index in [9.17, 15) is 19.2 Å². The predicted octanol–water partition coefficient (Wildman–Crippen LogP) is 1.43. The number of esters is 1. The van der Waals surface area contributed by atoms with Gasteiger partial charge in [-0.15, -0.1) is 0 Å². The van der Waals surface area contributed by atoms with Crippen LogP contribution in [-0.4, -0.2) is 89.7 Å². The number of H-pyrrole nitrogens is 1. The zero-order chi connectivity index (χ0) is 39.0. The number of methoxy groups -OCH3 is 1. The first-order valence-corrected chi connectivity index (χ1v) is 17.1. The van der Waals surface area contributed by atoms with Crippen molar-refractivity contribution in [1.29, 1.82) is 0 Å². The second kappa shape index (κ2) is 20.0. The Kier molecular flexibility index (Phi) is 15.6. The molecule has 0 saturated carbocycles. The number of ether oxygens (including phenoxy) is 2. The van der Waals surface area contributed by atoms with Crippen LogP contribution in [0.3, 0.4) is 0 Å². The van der Waals surface area contributed by atoms with Crippen LogP contribution in [0.4, 0.5) is 4.79 Å². The van der Waals surface area contributed by atoms with Crippen LogP contribution in [0.2, 0.25) is 0 Å². The molecule has 0 unspecified atom stereocenters. The molecule has 0 radical (unpaired) electrons. The van der Waals surface area contributed by atoms with Crippen molar-refractivity contribution >= 4 is 35.8 Å². The molecule has 0 aliphatic heterocycles. The summed E-state index contributed by atoms with van der Waals surface area (Å²) < 4.78 is 10.3. The molecule has 12 N–H and O–H groups in total. The van der Waals surface area contributed by atoms with Crippen molar-refractivity contribution in [2.75, 3.05) is 20.2 Å². The van der Waals surface area contributed by atoms with E-state index in [0.717, 1.165) is 16.7 Å². The van der Waals surface area contributed by atoms with Gasteiger partial charge in [0, 0.05) is 37.0 Å². The quantitative estimate of drug-likeness (QED) is 0.0401. The number of benzene rings is 2. The number of nitrogens with zero attached hydrogens (tertiary/aromatic N) is 3. The number of hydrogen-bond acceptors (Lipinski definition) is 9. The molecule has 1 aromatic heterocycles. The third-order valence-corrected chi connectivity index (χ3v) is 7.65. The van der Waals surface area contributed by atoms with Crippen LogP contribution in [0, 0.1) is 0 Å². The molecular formula is C36H51N11O6. The number of hydrogen-bond donors (Lipinski definition) is 8. The lowest BCUT2D eigenvalue weighted by Crippen LogP contribution is -2.56. The maximum Gasteiger partial charge on any atom is 0.408 e. The molecule has 3 atom stereocenters. The van der Waals surface area contributed by atoms with Crippen molar-refractivity contribution in [3.8, 4) is 22.5 Å². The number of rotatable bonds is 18. The van der Waals surface area contributed by atoms with Crippen molar-refractivity contribution in [3.63, 3.8) is 0 Å². The number of nitrogens with one attached hydrogen (secondary N) is 4. The Hall–Kier alpha value is -6.13. The third-order valence-electron chi connectivity index (χ3n) is 7.65. The molecule has 1 heterocycles. The van der Waals surface area contributed by atoms with Crippen molar-refractivity contribution in [1.82, 2.24) is 25.9 Å². The number of guanidine groups is 2. The molecule has 3 amide bonds. The number of carbonyl (C=O) groups excluding carboxylic acids is 4. The van der Waals surface area contributed by atoms with E-state index in [4.69, 9.17) is 32.4 Å². The predicted molar refractivity (Wildman–Crippen MR) is 202 cm³/mol. The Balaban J connectivity index is 1.87. The largest absolute Gasteiger partial charge is 0.467 e. The molecule has 17 nitrogen and oxygen atoms in total. The number of alkyl carbamates (subject to hydrolysis) is 1. The summed E-state index contributed by atoms with van der Waals surface area (Å²) in [5.74, 6) is -1.74. The monoisotopic (exact) mass is 733 g/mol. The Labute approximate surface area is 308 Å². The molecule has 53 heavy (non-hydrogen) atoms. The van der Waals surface area contributed by atoms with Crippen LogP contribution < -0.4 is 38.9 Å². The van der Waals surface area contributed by atoms with Gasteiger partial charge in [0.15, 0.2) is 11.9 Å². The molecule has 0 saturated heterocycles. The normalized spacial score (nSPS) is 12.7. The number of nitrogens with two attached hydrogens (primary N) is 4. The van der Waals surface area contributed by atoms with E-state index in [2.05, 4.69) is 35.9 Å². The number of aliphatic imine (C=N–C) groups is 2. The van der Waals surface area contributed by atoms with E-state index in [1.54, 1.807) is 27.0 Å². The molecule has 0 bridgehead atoms. The highest BCUT2D eigenvalue weighted by Gasteiger charge is 2.31. The topological polar surface area (TPSA) is 280 Å². The van der Waals surface area contributed by atoms with Gasteiger partial charge >= 0.3 is 12.1 Å². The summed E-state index contributed by atoms with van der Waals surface area (Å²) in [7, 11) is 1.20. The fourth-order valence-electron chi connectivity index (χ4n) is 5.15. The smallest absolute Gasteiger partial charge is 0.408 e. The van der Waals surface area contributed by atoms with Crippen LogP contribution in [0.5, 0.6) is 0 Å². The Morgan fingerprint density at radius 3 is 1.85 bits per heavy atom. The summed E-state index contributed by atoms with van der Waals surface area (Å²) in [4.78, 5) is 68.7. The molecule has 2 aromatic carbocycles. The lowest BCUT2D eigenvalue weighted by Gasteiger charge is -2.26. The van der Waals surface area contributed by atoms with Gasteiger partial charge in [0.1, 0.15) is 29.6 Å². The van der Waals surface area contributed by atoms with E-state index in [0.29, 0.717) is 24.4 Å². The Morgan fingerprint density at radius 1 is 0.755 bits per heavy atom. The summed E-state index contributed by atoms with van der Waals surface area (Å²) in [5, 5.41) is 8.01. The molecule has 286 valence electrons. The van der Waals surface area contributed by atoms with Gasteiger partial charge in [0.2, 0.25) is 11.8 Å². The number of aromatic nitrogens is 2. The first kappa shape index (κ1) is 41.3. The summed E-state index contributed by atoms with van der Waals surface area (Å²) in [6.07, 6.45) is 1.60. The molecule has 0 fully saturated rings. The zero-order valence-electron chi connectivity index (χ0n) is 30.6. The van der Waals surface area contributed by atoms with E-state index < -0.39 is 47.6 Å². The average molecular weight is 734 g/mol. The zero-order valence-corrected chi connectivity index (χ0v) is 30.6. The molecule has 3 rings (SSSR count). The van der Waals surface area contributed by atoms with Crippen LogP contribution in [0.15, 0.2) is 70.8 Å². The van der Waals surface area contributed by atoms with Crippen molar-refractivity contribution in [2.45, 2.75) is 76.6 Å². The fourth-order valence-corrected chi connectivity index (χ4v) is 5.15. The summed E-state index contributed by atoms with van der Waals surface area (Å²) in [5.41, 5.74) is 24.3. The summed E-state index contributed by atoms with van der Waals surface area (Å²) in [6, 6.07) is 14.3. The fraction of sp³-hybridized carbons (Fsp3) is 0.417. The van der Waals surface area contributed by atoms with Gasteiger partial charge in [0.25, 0.3) is 0 Å². The van der Waals surface area contributed by atoms with E-state index in [1.807, 2.05) is 54.6 Å². The van der Waals surface area contributed by atoms with Gasteiger partial charge in [-0.2, -0.15) is 0 Å². The van der Waals surface area contributed by atoms with Crippen molar-refractivity contribution in [2.24, 2.45) is 32.9 Å². The molecule has 17 heteroatoms. The minimum Gasteiger partial charge on any atom is -0.467 e. The van der Waals surface area contributed by atoms with Crippen LogP contribution in [0.25, 0.3) is 22.5 Å². The molecular weight excluding hydrogens is 682 g/mol. The maximum absolute atomic E-state index is 13.9. The molecule has 3 aromatic rings. The van der Waals surface area contributed by atoms with Gasteiger partial charge in [-0.25, -0.2) is 14.6 Å². The number of amides is 3. The first-order chi connectivity index (χ1) is 25.1. The molecule has 0 aliphatic carbocycles. The van der Waals surface area contributed by atoms with Gasteiger partial charge in [-0.1, -0.05) is 54.6 Å². The number of imidazole rings is 1. The lowest BCUT2D eigenvalue weighted by molar-refractivity contribution is -0.145. The second-order valence-electron chi connectivity index (χ2n) is 13.1. The van der Waals surface area contributed by atoms with Gasteiger partial charge in [-0.3, -0.25) is 19.6 Å². The average Bonchev–Trinajstić information content (AvgIpc) is 3.58. The lowest BCUT2D eigenvalue weighted by atomic mass is 10.0. The van der Waals surface area contributed by atoms with E-state index in [-0.39, 0.29) is 44.3 Å². The standard InChI is InChI=1S/C36H51N11O6/c1-36(2,3)53-35(51)47-26(12-8-18-41-33(37)38)30(48)46-28(31(49)45-27(32(50)52-4)13-9-19-42-34(39)40)20-25-21-43-29(44-25)24-16-14-23(15-17-24)22-10-6-5-7-11-22/h5-7,10-11,14-17,21,26-28H,8-9,12-13,18-20H2,1-4H3,(H,43,44)(H,45,49)(H,46,48)(H,47,51)(H4,37,38,41)(H4,39,40,42)/t26-,27-,28-/m0/s1. The minimum absolute atomic E-state index is 0.0538. The van der Waals surface area contributed by atoms with Crippen molar-refractivity contribution < 1.29 is 28.7 Å². The van der Waals surface area contributed by atoms with Crippen molar-refractivity contribution in [3.05, 3.63) is 66.5 Å². The second-order valence-corrected chi connectivity index (χ2v) is 13.1. The Bertz CT molecular complexity index is 1710. The first-order valence-electron chi connectivity index (χ1n) is 17.1. The number of carbonyl (C=O) groups is 4. The highest BCUT2D eigenvalue weighted by atomic mass is 16.6. The summed E-state index contributed by atoms with van der Waals surface area (Å²) in [6.45, 7) is 5.47. The molecule has 0 spiro atoms. The van der Waals surface area contributed by atoms with Gasteiger partial charge in [-0.05, 0) is 57.6 Å². The minimum atomic E-state index is -1.23. The van der Waals surface area contributed by atoms with Crippen LogP contribution in [0.1, 0.15) is 52.1 Å². The third kappa shape index (κ3) is 14.6. The van der Waals surface area contributed by atoms with Gasteiger partial charge in [0.05, 0.1) is 7.11 Å². The van der Waals surface area contributed by atoms with Gasteiger partial charge < -0.3 is 53.3 Å². The summed E-state index contributed by atoms with van der Waals surface area (Å²) >= 11 is 0. The Morgan fingerprint density at radius 2 is 1.28 bits per heavy atom. The van der Waals surface area contributed by atoms with E-state index >= 15 is 0 Å². The maximum atomic E-state index is 13.9. The van der Waals surface area contributed by atoms with Crippen LogP contribution >= 0.6 is 0 Å². The molecule has 0 aliphatic rings. The SMILES string of the molecule is COC(=O)[C@H](CCCN=C(N)N)NC(=O)[C@H](Cc1cnc(-c2ccc(-c3ccccc3)cc2)[nH]1)NC(=O)[C@H](CCCN=C(N)N)NC(=O)OC(C)(C)C. The highest BCUT2D eigenvalue weighted by molar-refractivity contribution is 5.93.